The van der Waals surface area contributed by atoms with Crippen LogP contribution in [0.15, 0.2) is 40.9 Å². The first kappa shape index (κ1) is 14.4. The van der Waals surface area contributed by atoms with Crippen molar-refractivity contribution in [1.82, 2.24) is 0 Å². The number of nitrogen functional groups attached to an aromatic ring is 1. The normalized spacial score (nSPS) is 10.2. The molecule has 0 aliphatic carbocycles. The lowest BCUT2D eigenvalue weighted by Crippen LogP contribution is -2.02. The van der Waals surface area contributed by atoms with Gasteiger partial charge in [0.2, 0.25) is 0 Å². The van der Waals surface area contributed by atoms with Crippen LogP contribution in [0.1, 0.15) is 15.9 Å². The molecule has 0 spiro atoms. The lowest BCUT2D eigenvalue weighted by Gasteiger charge is -2.12. The maximum Gasteiger partial charge on any atom is 0.337 e. The van der Waals surface area contributed by atoms with Crippen molar-refractivity contribution in [2.45, 2.75) is 6.92 Å². The maximum absolute atomic E-state index is 11.5. The van der Waals surface area contributed by atoms with Gasteiger partial charge in [0, 0.05) is 4.47 Å². The van der Waals surface area contributed by atoms with Crippen LogP contribution in [0.4, 0.5) is 5.69 Å². The van der Waals surface area contributed by atoms with Crippen molar-refractivity contribution in [3.63, 3.8) is 0 Å². The van der Waals surface area contributed by atoms with Gasteiger partial charge in [0.1, 0.15) is 5.75 Å². The van der Waals surface area contributed by atoms with Gasteiger partial charge < -0.3 is 15.2 Å². The fraction of sp³-hybridized carbons (Fsp3) is 0.133. The van der Waals surface area contributed by atoms with Crippen molar-refractivity contribution in [3.05, 3.63) is 52.0 Å². The molecule has 0 amide bonds. The number of ether oxygens (including phenoxy) is 2. The zero-order valence-electron chi connectivity index (χ0n) is 11.1. The average molecular weight is 336 g/mol. The summed E-state index contributed by atoms with van der Waals surface area (Å²) >= 11 is 3.39. The number of nitrogens with two attached hydrogens (primary N) is 1. The molecule has 0 bridgehead atoms. The number of aryl methyl sites for hydroxylation is 1. The third-order valence-electron chi connectivity index (χ3n) is 2.79. The molecule has 104 valence electrons. The summed E-state index contributed by atoms with van der Waals surface area (Å²) < 4.78 is 11.4. The number of methoxy groups -OCH3 is 1. The first-order chi connectivity index (χ1) is 9.51. The number of esters is 1. The Balaban J connectivity index is 2.35. The van der Waals surface area contributed by atoms with Crippen LogP contribution in [0.5, 0.6) is 11.5 Å². The molecule has 2 N–H and O–H groups in total. The highest BCUT2D eigenvalue weighted by molar-refractivity contribution is 9.10. The second-order valence-electron chi connectivity index (χ2n) is 4.26. The average Bonchev–Trinajstić information content (AvgIpc) is 2.43. The topological polar surface area (TPSA) is 61.5 Å². The van der Waals surface area contributed by atoms with Gasteiger partial charge in [-0.15, -0.1) is 0 Å². The minimum Gasteiger partial charge on any atom is -0.465 e. The Morgan fingerprint density at radius 1 is 1.15 bits per heavy atom. The molecule has 0 radical (unpaired) electrons. The van der Waals surface area contributed by atoms with E-state index < -0.39 is 5.97 Å². The minimum atomic E-state index is -0.428. The van der Waals surface area contributed by atoms with Gasteiger partial charge in [-0.3, -0.25) is 0 Å². The van der Waals surface area contributed by atoms with Crippen molar-refractivity contribution in [2.75, 3.05) is 12.8 Å². The Kier molecular flexibility index (Phi) is 4.29. The number of carbonyl (C=O) groups is 1. The number of anilines is 1. The number of benzene rings is 2. The van der Waals surface area contributed by atoms with Gasteiger partial charge in [-0.25, -0.2) is 4.79 Å². The Labute approximate surface area is 125 Å². The van der Waals surface area contributed by atoms with Crippen LogP contribution < -0.4 is 10.5 Å². The fourth-order valence-electron chi connectivity index (χ4n) is 1.71. The third-order valence-corrected chi connectivity index (χ3v) is 3.28. The van der Waals surface area contributed by atoms with Gasteiger partial charge in [0.15, 0.2) is 5.75 Å². The first-order valence-corrected chi connectivity index (χ1v) is 6.72. The molecule has 0 aliphatic heterocycles. The first-order valence-electron chi connectivity index (χ1n) is 5.93. The van der Waals surface area contributed by atoms with E-state index in [2.05, 4.69) is 20.7 Å². The zero-order chi connectivity index (χ0) is 14.7. The van der Waals surface area contributed by atoms with Crippen LogP contribution in [0, 0.1) is 6.92 Å². The number of carbonyl (C=O) groups excluding carboxylic acids is 1. The molecule has 0 atom stereocenters. The van der Waals surface area contributed by atoms with Gasteiger partial charge in [0.05, 0.1) is 18.4 Å². The molecule has 0 aromatic heterocycles. The van der Waals surface area contributed by atoms with Crippen molar-refractivity contribution >= 4 is 27.6 Å². The summed E-state index contributed by atoms with van der Waals surface area (Å²) in [6, 6.07) is 10.4. The predicted octanol–water partition coefficient (Wildman–Crippen LogP) is 3.92. The largest absolute Gasteiger partial charge is 0.465 e. The van der Waals surface area contributed by atoms with E-state index >= 15 is 0 Å². The second-order valence-corrected chi connectivity index (χ2v) is 5.17. The van der Waals surface area contributed by atoms with E-state index in [4.69, 9.17) is 10.5 Å². The van der Waals surface area contributed by atoms with Gasteiger partial charge >= 0.3 is 5.97 Å². The number of hydrogen-bond donors (Lipinski definition) is 1. The lowest BCUT2D eigenvalue weighted by atomic mass is 10.2. The van der Waals surface area contributed by atoms with Crippen LogP contribution in [-0.4, -0.2) is 13.1 Å². The summed E-state index contributed by atoms with van der Waals surface area (Å²) in [7, 11) is 1.33. The van der Waals surface area contributed by atoms with E-state index in [0.717, 1.165) is 10.0 Å². The Morgan fingerprint density at radius 3 is 2.55 bits per heavy atom. The van der Waals surface area contributed by atoms with Crippen LogP contribution >= 0.6 is 15.9 Å². The Morgan fingerprint density at radius 2 is 1.90 bits per heavy atom. The van der Waals surface area contributed by atoms with Gasteiger partial charge in [-0.05, 0) is 48.9 Å². The van der Waals surface area contributed by atoms with Gasteiger partial charge in [0.25, 0.3) is 0 Å². The summed E-state index contributed by atoms with van der Waals surface area (Å²) in [5, 5.41) is 0. The summed E-state index contributed by atoms with van der Waals surface area (Å²) in [6.07, 6.45) is 0. The summed E-state index contributed by atoms with van der Waals surface area (Å²) in [5.74, 6) is 0.683. The van der Waals surface area contributed by atoms with Crippen LogP contribution in [0.3, 0.4) is 0 Å². The summed E-state index contributed by atoms with van der Waals surface area (Å²) in [5.41, 5.74) is 7.69. The highest BCUT2D eigenvalue weighted by Gasteiger charge is 2.11. The van der Waals surface area contributed by atoms with Crippen LogP contribution in [0.25, 0.3) is 0 Å². The van der Waals surface area contributed by atoms with E-state index in [1.807, 2.05) is 25.1 Å². The molecule has 5 heteroatoms. The van der Waals surface area contributed by atoms with Crippen LogP contribution in [-0.2, 0) is 4.74 Å². The Bertz CT molecular complexity index is 656. The number of halogens is 1. The Hall–Kier alpha value is -2.01. The van der Waals surface area contributed by atoms with Crippen molar-refractivity contribution in [2.24, 2.45) is 0 Å². The molecular formula is C15H14BrNO3. The van der Waals surface area contributed by atoms with E-state index in [1.165, 1.54) is 7.11 Å². The summed E-state index contributed by atoms with van der Waals surface area (Å²) in [6.45, 7) is 1.93. The van der Waals surface area contributed by atoms with Crippen LogP contribution in [0.2, 0.25) is 0 Å². The molecule has 2 aromatic rings. The van der Waals surface area contributed by atoms with Crippen molar-refractivity contribution < 1.29 is 14.3 Å². The van der Waals surface area contributed by atoms with Crippen molar-refractivity contribution in [1.29, 1.82) is 0 Å². The molecule has 4 nitrogen and oxygen atoms in total. The molecule has 0 saturated heterocycles. The van der Waals surface area contributed by atoms with E-state index in [1.54, 1.807) is 18.2 Å². The number of rotatable bonds is 3. The SMILES string of the molecule is COC(=O)c1ccc(N)c(Oc2ccc(Br)cc2C)c1. The molecule has 0 unspecified atom stereocenters. The number of hydrogen-bond acceptors (Lipinski definition) is 4. The highest BCUT2D eigenvalue weighted by atomic mass is 79.9. The summed E-state index contributed by atoms with van der Waals surface area (Å²) in [4.78, 5) is 11.5. The smallest absolute Gasteiger partial charge is 0.337 e. The monoisotopic (exact) mass is 335 g/mol. The van der Waals surface area contributed by atoms with Gasteiger partial charge in [-0.1, -0.05) is 15.9 Å². The molecule has 0 saturated carbocycles. The van der Waals surface area contributed by atoms with Gasteiger partial charge in [-0.2, -0.15) is 0 Å². The standard InChI is InChI=1S/C15H14BrNO3/c1-9-7-11(16)4-6-13(9)20-14-8-10(15(18)19-2)3-5-12(14)17/h3-8H,17H2,1-2H3. The zero-order valence-corrected chi connectivity index (χ0v) is 12.7. The maximum atomic E-state index is 11.5. The molecule has 2 rings (SSSR count). The molecule has 20 heavy (non-hydrogen) atoms. The van der Waals surface area contributed by atoms with E-state index in [9.17, 15) is 4.79 Å². The predicted molar refractivity (Wildman–Crippen MR) is 81.1 cm³/mol. The quantitative estimate of drug-likeness (QED) is 0.682. The molecule has 0 fully saturated rings. The van der Waals surface area contributed by atoms with E-state index in [0.29, 0.717) is 22.7 Å². The molecule has 0 heterocycles. The molecule has 0 aliphatic rings. The lowest BCUT2D eigenvalue weighted by molar-refractivity contribution is 0.0600. The molecular weight excluding hydrogens is 322 g/mol. The fourth-order valence-corrected chi connectivity index (χ4v) is 2.19. The van der Waals surface area contributed by atoms with E-state index in [-0.39, 0.29) is 0 Å². The van der Waals surface area contributed by atoms with Crippen molar-refractivity contribution in [3.8, 4) is 11.5 Å². The highest BCUT2D eigenvalue weighted by Crippen LogP contribution is 2.31. The molecule has 2 aromatic carbocycles. The third kappa shape index (κ3) is 3.11. The second kappa shape index (κ2) is 5.96. The minimum absolute atomic E-state index is 0.395.